The first-order chi connectivity index (χ1) is 9.85. The lowest BCUT2D eigenvalue weighted by molar-refractivity contribution is 0.803. The molecule has 0 atom stereocenters. The summed E-state index contributed by atoms with van der Waals surface area (Å²) in [6.45, 7) is 0. The van der Waals surface area contributed by atoms with Gasteiger partial charge in [0, 0.05) is 5.69 Å². The summed E-state index contributed by atoms with van der Waals surface area (Å²) >= 11 is 0. The van der Waals surface area contributed by atoms with Crippen LogP contribution in [0.4, 0.5) is 11.5 Å². The van der Waals surface area contributed by atoms with Gasteiger partial charge in [0.25, 0.3) is 0 Å². The zero-order chi connectivity index (χ0) is 13.8. The molecule has 0 fully saturated rings. The highest BCUT2D eigenvalue weighted by atomic mass is 15.4. The van der Waals surface area contributed by atoms with Gasteiger partial charge in [-0.2, -0.15) is 5.26 Å². The molecule has 1 aromatic carbocycles. The third kappa shape index (κ3) is 2.44. The van der Waals surface area contributed by atoms with Gasteiger partial charge in [0.1, 0.15) is 6.07 Å². The van der Waals surface area contributed by atoms with E-state index in [0.717, 1.165) is 11.4 Å². The highest BCUT2D eigenvalue weighted by Gasteiger charge is 2.01. The SMILES string of the molecule is N#Cc1ccc(Nc2cccc(-n3ccnn3)c2)nn1. The fraction of sp³-hybridized carbons (Fsp3) is 0. The van der Waals surface area contributed by atoms with Gasteiger partial charge in [0.2, 0.25) is 0 Å². The third-order valence-electron chi connectivity index (χ3n) is 2.58. The number of nitrogens with zero attached hydrogens (tertiary/aromatic N) is 6. The van der Waals surface area contributed by atoms with E-state index in [0.29, 0.717) is 5.82 Å². The maximum absolute atomic E-state index is 8.67. The topological polar surface area (TPSA) is 92.3 Å². The van der Waals surface area contributed by atoms with Crippen molar-refractivity contribution in [3.05, 3.63) is 54.5 Å². The van der Waals surface area contributed by atoms with E-state index in [4.69, 9.17) is 5.26 Å². The summed E-state index contributed by atoms with van der Waals surface area (Å²) < 4.78 is 1.66. The summed E-state index contributed by atoms with van der Waals surface area (Å²) in [5.74, 6) is 0.569. The zero-order valence-electron chi connectivity index (χ0n) is 10.3. The van der Waals surface area contributed by atoms with Crippen LogP contribution in [0.25, 0.3) is 5.69 Å². The van der Waals surface area contributed by atoms with Gasteiger partial charge in [0.15, 0.2) is 11.5 Å². The average molecular weight is 263 g/mol. The molecule has 3 rings (SSSR count). The lowest BCUT2D eigenvalue weighted by atomic mass is 10.2. The number of hydrogen-bond acceptors (Lipinski definition) is 6. The van der Waals surface area contributed by atoms with Crippen LogP contribution in [-0.4, -0.2) is 25.2 Å². The Labute approximate surface area is 114 Å². The fourth-order valence-electron chi connectivity index (χ4n) is 1.68. The van der Waals surface area contributed by atoms with E-state index in [2.05, 4.69) is 25.8 Å². The van der Waals surface area contributed by atoms with Gasteiger partial charge in [-0.25, -0.2) is 4.68 Å². The number of nitrogens with one attached hydrogen (secondary N) is 1. The first kappa shape index (κ1) is 11.8. The Balaban J connectivity index is 1.84. The summed E-state index contributed by atoms with van der Waals surface area (Å²) in [5, 5.41) is 27.2. The lowest BCUT2D eigenvalue weighted by Gasteiger charge is -2.06. The molecule has 96 valence electrons. The lowest BCUT2D eigenvalue weighted by Crippen LogP contribution is -1.99. The highest BCUT2D eigenvalue weighted by molar-refractivity contribution is 5.59. The monoisotopic (exact) mass is 263 g/mol. The van der Waals surface area contributed by atoms with Gasteiger partial charge in [0.05, 0.1) is 18.1 Å². The predicted molar refractivity (Wildman–Crippen MR) is 71.4 cm³/mol. The van der Waals surface area contributed by atoms with E-state index in [1.807, 2.05) is 30.3 Å². The van der Waals surface area contributed by atoms with Crippen molar-refractivity contribution >= 4 is 11.5 Å². The molecule has 0 saturated heterocycles. The zero-order valence-corrected chi connectivity index (χ0v) is 10.3. The summed E-state index contributed by atoms with van der Waals surface area (Å²) in [4.78, 5) is 0. The second-order valence-electron chi connectivity index (χ2n) is 3.94. The Morgan fingerprint density at radius 3 is 2.80 bits per heavy atom. The van der Waals surface area contributed by atoms with Crippen LogP contribution >= 0.6 is 0 Å². The van der Waals surface area contributed by atoms with Crippen LogP contribution in [0.5, 0.6) is 0 Å². The molecule has 3 aromatic rings. The highest BCUT2D eigenvalue weighted by Crippen LogP contribution is 2.17. The van der Waals surface area contributed by atoms with Crippen molar-refractivity contribution in [1.29, 1.82) is 5.26 Å². The molecule has 20 heavy (non-hydrogen) atoms. The normalized spacial score (nSPS) is 9.95. The van der Waals surface area contributed by atoms with Gasteiger partial charge in [-0.05, 0) is 30.3 Å². The number of hydrogen-bond donors (Lipinski definition) is 1. The van der Waals surface area contributed by atoms with Gasteiger partial charge in [-0.3, -0.25) is 0 Å². The van der Waals surface area contributed by atoms with Gasteiger partial charge >= 0.3 is 0 Å². The smallest absolute Gasteiger partial charge is 0.163 e. The molecule has 7 nitrogen and oxygen atoms in total. The van der Waals surface area contributed by atoms with E-state index in [1.54, 1.807) is 29.2 Å². The predicted octanol–water partition coefficient (Wildman–Crippen LogP) is 1.67. The number of aromatic nitrogens is 5. The van der Waals surface area contributed by atoms with Crippen LogP contribution in [0, 0.1) is 11.3 Å². The fourth-order valence-corrected chi connectivity index (χ4v) is 1.68. The largest absolute Gasteiger partial charge is 0.339 e. The maximum atomic E-state index is 8.67. The summed E-state index contributed by atoms with van der Waals surface area (Å²) in [7, 11) is 0. The summed E-state index contributed by atoms with van der Waals surface area (Å²) in [6.07, 6.45) is 3.38. The standard InChI is InChI=1S/C13H9N7/c14-9-11-4-5-13(18-17-11)16-10-2-1-3-12(8-10)20-7-6-15-19-20/h1-8H,(H,16,18). The molecule has 0 spiro atoms. The van der Waals surface area contributed by atoms with Crippen molar-refractivity contribution < 1.29 is 0 Å². The molecule has 0 bridgehead atoms. The molecular weight excluding hydrogens is 254 g/mol. The summed E-state index contributed by atoms with van der Waals surface area (Å²) in [5.41, 5.74) is 2.01. The second-order valence-corrected chi connectivity index (χ2v) is 3.94. The Kier molecular flexibility index (Phi) is 3.04. The van der Waals surface area contributed by atoms with Crippen LogP contribution in [0.1, 0.15) is 5.69 Å². The molecule has 0 aliphatic carbocycles. The van der Waals surface area contributed by atoms with Gasteiger partial charge < -0.3 is 5.32 Å². The van der Waals surface area contributed by atoms with Crippen LogP contribution in [0.15, 0.2) is 48.8 Å². The van der Waals surface area contributed by atoms with Gasteiger partial charge in [-0.1, -0.05) is 11.3 Å². The van der Waals surface area contributed by atoms with Crippen LogP contribution < -0.4 is 5.32 Å². The van der Waals surface area contributed by atoms with Crippen molar-refractivity contribution in [2.75, 3.05) is 5.32 Å². The third-order valence-corrected chi connectivity index (χ3v) is 2.58. The molecule has 7 heteroatoms. The van der Waals surface area contributed by atoms with Crippen molar-refractivity contribution in [2.24, 2.45) is 0 Å². The van der Waals surface area contributed by atoms with Crippen LogP contribution in [0.2, 0.25) is 0 Å². The van der Waals surface area contributed by atoms with E-state index in [-0.39, 0.29) is 5.69 Å². The first-order valence-electron chi connectivity index (χ1n) is 5.83. The minimum Gasteiger partial charge on any atom is -0.339 e. The first-order valence-corrected chi connectivity index (χ1v) is 5.83. The Morgan fingerprint density at radius 1 is 1.15 bits per heavy atom. The number of anilines is 2. The number of nitriles is 1. The molecule has 0 radical (unpaired) electrons. The molecule has 1 N–H and O–H groups in total. The van der Waals surface area contributed by atoms with Crippen molar-refractivity contribution in [3.8, 4) is 11.8 Å². The Bertz CT molecular complexity index is 741. The molecular formula is C13H9N7. The maximum Gasteiger partial charge on any atom is 0.163 e. The Hall–Kier alpha value is -3.27. The van der Waals surface area contributed by atoms with E-state index in [1.165, 1.54) is 0 Å². The molecule has 0 aliphatic heterocycles. The number of benzene rings is 1. The van der Waals surface area contributed by atoms with E-state index < -0.39 is 0 Å². The molecule has 2 aromatic heterocycles. The molecule has 0 amide bonds. The van der Waals surface area contributed by atoms with E-state index in [9.17, 15) is 0 Å². The molecule has 0 saturated carbocycles. The van der Waals surface area contributed by atoms with Crippen molar-refractivity contribution in [2.45, 2.75) is 0 Å². The molecule has 0 aliphatic rings. The summed E-state index contributed by atoms with van der Waals surface area (Å²) in [6, 6.07) is 12.9. The van der Waals surface area contributed by atoms with Crippen LogP contribution in [0.3, 0.4) is 0 Å². The minimum absolute atomic E-state index is 0.284. The quantitative estimate of drug-likeness (QED) is 0.772. The van der Waals surface area contributed by atoms with E-state index >= 15 is 0 Å². The van der Waals surface area contributed by atoms with Crippen LogP contribution in [-0.2, 0) is 0 Å². The van der Waals surface area contributed by atoms with Gasteiger partial charge in [-0.15, -0.1) is 15.3 Å². The molecule has 0 unspecified atom stereocenters. The Morgan fingerprint density at radius 2 is 2.10 bits per heavy atom. The molecule has 2 heterocycles. The minimum atomic E-state index is 0.284. The van der Waals surface area contributed by atoms with Crippen molar-refractivity contribution in [1.82, 2.24) is 25.2 Å². The second kappa shape index (κ2) is 5.16. The van der Waals surface area contributed by atoms with Crippen molar-refractivity contribution in [3.63, 3.8) is 0 Å². The average Bonchev–Trinajstić information content (AvgIpc) is 3.03. The number of rotatable bonds is 3.